The Morgan fingerprint density at radius 3 is 3.04 bits per heavy atom. The molecule has 3 unspecified atom stereocenters. The molecule has 24 heavy (non-hydrogen) atoms. The fourth-order valence-electron chi connectivity index (χ4n) is 3.41. The van der Waals surface area contributed by atoms with Crippen LogP contribution in [0.2, 0.25) is 5.02 Å². The molecule has 1 saturated heterocycles. The van der Waals surface area contributed by atoms with Gasteiger partial charge >= 0.3 is 0 Å². The lowest BCUT2D eigenvalue weighted by molar-refractivity contribution is 0.127. The highest BCUT2D eigenvalue weighted by molar-refractivity contribution is 6.30. The third kappa shape index (κ3) is 4.21. The molecular weight excluding hydrogens is 326 g/mol. The van der Waals surface area contributed by atoms with Gasteiger partial charge in [-0.25, -0.2) is 0 Å². The lowest BCUT2D eigenvalue weighted by atomic mass is 9.84. The zero-order valence-electron chi connectivity index (χ0n) is 14.1. The molecule has 1 aromatic carbocycles. The molecule has 2 aliphatic rings. The number of benzene rings is 1. The van der Waals surface area contributed by atoms with E-state index in [1.54, 1.807) is 7.05 Å². The number of aliphatic hydroxyl groups is 1. The number of ether oxygens (including phenoxy) is 1. The van der Waals surface area contributed by atoms with E-state index in [-0.39, 0.29) is 12.0 Å². The Labute approximate surface area is 148 Å². The van der Waals surface area contributed by atoms with Crippen LogP contribution in [0.4, 0.5) is 0 Å². The van der Waals surface area contributed by atoms with E-state index in [1.165, 1.54) is 5.56 Å². The monoisotopic (exact) mass is 351 g/mol. The van der Waals surface area contributed by atoms with Crippen molar-refractivity contribution in [1.29, 1.82) is 0 Å². The van der Waals surface area contributed by atoms with Crippen molar-refractivity contribution in [3.05, 3.63) is 34.9 Å². The molecule has 2 fully saturated rings. The zero-order valence-corrected chi connectivity index (χ0v) is 14.9. The third-order valence-corrected chi connectivity index (χ3v) is 5.31. The first kappa shape index (κ1) is 17.5. The van der Waals surface area contributed by atoms with E-state index in [9.17, 15) is 5.11 Å². The first-order valence-corrected chi connectivity index (χ1v) is 8.95. The van der Waals surface area contributed by atoms with Crippen LogP contribution in [-0.4, -0.2) is 50.5 Å². The average Bonchev–Trinajstić information content (AvgIpc) is 3.20. The van der Waals surface area contributed by atoms with E-state index in [1.807, 2.05) is 18.2 Å². The number of aliphatic hydroxyl groups excluding tert-OH is 1. The number of aliphatic imine (C=N–C) groups is 1. The Hall–Kier alpha value is -1.30. The van der Waals surface area contributed by atoms with E-state index >= 15 is 0 Å². The number of hydrogen-bond donors (Lipinski definition) is 3. The van der Waals surface area contributed by atoms with Crippen LogP contribution in [-0.2, 0) is 4.74 Å². The molecule has 1 aliphatic carbocycles. The molecule has 6 heteroatoms. The van der Waals surface area contributed by atoms with Gasteiger partial charge in [-0.15, -0.1) is 0 Å². The predicted molar refractivity (Wildman–Crippen MR) is 96.7 cm³/mol. The molecule has 3 atom stereocenters. The Bertz CT molecular complexity index is 587. The smallest absolute Gasteiger partial charge is 0.191 e. The highest BCUT2D eigenvalue weighted by atomic mass is 35.5. The van der Waals surface area contributed by atoms with Gasteiger partial charge in [0.1, 0.15) is 0 Å². The van der Waals surface area contributed by atoms with Gasteiger partial charge in [0.25, 0.3) is 0 Å². The van der Waals surface area contributed by atoms with Crippen LogP contribution in [0, 0.1) is 5.41 Å². The molecule has 1 saturated carbocycles. The molecule has 3 rings (SSSR count). The lowest BCUT2D eigenvalue weighted by Crippen LogP contribution is -2.45. The fourth-order valence-corrected chi connectivity index (χ4v) is 3.61. The van der Waals surface area contributed by atoms with Crippen molar-refractivity contribution in [3.63, 3.8) is 0 Å². The summed E-state index contributed by atoms with van der Waals surface area (Å²) in [5.74, 6) is 1.30. The maximum Gasteiger partial charge on any atom is 0.191 e. The van der Waals surface area contributed by atoms with Gasteiger partial charge in [-0.2, -0.15) is 0 Å². The summed E-state index contributed by atoms with van der Waals surface area (Å²) in [5, 5.41) is 17.0. The topological polar surface area (TPSA) is 65.9 Å². The first-order valence-electron chi connectivity index (χ1n) is 8.57. The van der Waals surface area contributed by atoms with Crippen LogP contribution in [0.15, 0.2) is 29.3 Å². The van der Waals surface area contributed by atoms with Crippen molar-refractivity contribution >= 4 is 17.6 Å². The Kier molecular flexibility index (Phi) is 5.64. The van der Waals surface area contributed by atoms with Crippen molar-refractivity contribution in [1.82, 2.24) is 10.6 Å². The predicted octanol–water partition coefficient (Wildman–Crippen LogP) is 2.15. The van der Waals surface area contributed by atoms with Gasteiger partial charge in [0.05, 0.1) is 6.61 Å². The van der Waals surface area contributed by atoms with Crippen molar-refractivity contribution in [3.8, 4) is 0 Å². The van der Waals surface area contributed by atoms with Crippen LogP contribution >= 0.6 is 11.6 Å². The second-order valence-electron chi connectivity index (χ2n) is 6.85. The summed E-state index contributed by atoms with van der Waals surface area (Å²) in [5.41, 5.74) is 1.29. The molecule has 5 nitrogen and oxygen atoms in total. The average molecular weight is 352 g/mol. The van der Waals surface area contributed by atoms with Gasteiger partial charge in [-0.1, -0.05) is 23.7 Å². The minimum absolute atomic E-state index is 0.0161. The van der Waals surface area contributed by atoms with Gasteiger partial charge in [-0.05, 0) is 37.0 Å². The van der Waals surface area contributed by atoms with Gasteiger partial charge in [0.2, 0.25) is 0 Å². The zero-order chi connectivity index (χ0) is 17.0. The number of nitrogens with one attached hydrogen (secondary N) is 2. The van der Waals surface area contributed by atoms with Gasteiger partial charge < -0.3 is 20.5 Å². The van der Waals surface area contributed by atoms with E-state index < -0.39 is 0 Å². The van der Waals surface area contributed by atoms with Crippen molar-refractivity contribution in [2.45, 2.75) is 31.2 Å². The molecule has 0 amide bonds. The number of halogens is 1. The maximum atomic E-state index is 9.31. The highest BCUT2D eigenvalue weighted by Crippen LogP contribution is 2.41. The second kappa shape index (κ2) is 7.72. The van der Waals surface area contributed by atoms with Gasteiger partial charge in [0.15, 0.2) is 5.96 Å². The van der Waals surface area contributed by atoms with Crippen LogP contribution in [0.1, 0.15) is 30.7 Å². The molecule has 1 aliphatic heterocycles. The molecule has 0 radical (unpaired) electrons. The highest BCUT2D eigenvalue weighted by Gasteiger charge is 2.40. The Balaban J connectivity index is 1.51. The van der Waals surface area contributed by atoms with E-state index in [0.717, 1.165) is 43.4 Å². The number of nitrogens with zero attached hydrogens (tertiary/aromatic N) is 1. The molecule has 0 bridgehead atoms. The van der Waals surface area contributed by atoms with E-state index in [2.05, 4.69) is 21.7 Å². The molecule has 0 aromatic heterocycles. The number of guanidine groups is 1. The standard InChI is InChI=1S/C18H26ClN3O2/c1-20-17(21-11-18(5-7-23)6-8-24-12-18)22-16-10-15(16)13-3-2-4-14(19)9-13/h2-4,9,15-16,23H,5-8,10-12H2,1H3,(H2,20,21,22). The summed E-state index contributed by atoms with van der Waals surface area (Å²) in [6.45, 7) is 2.43. The second-order valence-corrected chi connectivity index (χ2v) is 7.29. The third-order valence-electron chi connectivity index (χ3n) is 5.07. The quantitative estimate of drug-likeness (QED) is 0.542. The largest absolute Gasteiger partial charge is 0.396 e. The van der Waals surface area contributed by atoms with E-state index in [0.29, 0.717) is 18.6 Å². The van der Waals surface area contributed by atoms with E-state index in [4.69, 9.17) is 16.3 Å². The summed E-state index contributed by atoms with van der Waals surface area (Å²) < 4.78 is 5.53. The Morgan fingerprint density at radius 1 is 1.50 bits per heavy atom. The summed E-state index contributed by atoms with van der Waals surface area (Å²) in [6.07, 6.45) is 2.82. The van der Waals surface area contributed by atoms with Crippen LogP contribution in [0.5, 0.6) is 0 Å². The summed E-state index contributed by atoms with van der Waals surface area (Å²) in [6, 6.07) is 8.46. The number of rotatable bonds is 6. The maximum absolute atomic E-state index is 9.31. The van der Waals surface area contributed by atoms with Crippen molar-refractivity contribution in [2.75, 3.05) is 33.4 Å². The van der Waals surface area contributed by atoms with Crippen LogP contribution < -0.4 is 10.6 Å². The normalized spacial score (nSPS) is 29.5. The van der Waals surface area contributed by atoms with Gasteiger partial charge in [0, 0.05) is 49.2 Å². The Morgan fingerprint density at radius 2 is 2.38 bits per heavy atom. The SMILES string of the molecule is CN=C(NCC1(CCO)CCOC1)NC1CC1c1cccc(Cl)c1. The van der Waals surface area contributed by atoms with Crippen LogP contribution in [0.25, 0.3) is 0 Å². The number of hydrogen-bond acceptors (Lipinski definition) is 3. The molecular formula is C18H26ClN3O2. The molecule has 1 aromatic rings. The lowest BCUT2D eigenvalue weighted by Gasteiger charge is -2.27. The summed E-state index contributed by atoms with van der Waals surface area (Å²) in [4.78, 5) is 4.33. The van der Waals surface area contributed by atoms with Gasteiger partial charge in [-0.3, -0.25) is 4.99 Å². The first-order chi connectivity index (χ1) is 11.7. The molecule has 3 N–H and O–H groups in total. The summed E-state index contributed by atoms with van der Waals surface area (Å²) in [7, 11) is 1.79. The van der Waals surface area contributed by atoms with Crippen LogP contribution in [0.3, 0.4) is 0 Å². The minimum atomic E-state index is 0.0161. The van der Waals surface area contributed by atoms with Crippen molar-refractivity contribution < 1.29 is 9.84 Å². The molecule has 132 valence electrons. The van der Waals surface area contributed by atoms with Crippen molar-refractivity contribution in [2.24, 2.45) is 10.4 Å². The molecule has 0 spiro atoms. The summed E-state index contributed by atoms with van der Waals surface area (Å²) >= 11 is 6.08. The molecule has 1 heterocycles. The minimum Gasteiger partial charge on any atom is -0.396 e. The fraction of sp³-hybridized carbons (Fsp3) is 0.611.